The molecule has 64 valence electrons. The number of hydrogen-bond donors (Lipinski definition) is 2. The fourth-order valence-corrected chi connectivity index (χ4v) is 0.925. The average molecular weight is 189 g/mol. The number of benzene rings is 1. The highest BCUT2D eigenvalue weighted by Gasteiger charge is 1.98. The van der Waals surface area contributed by atoms with Crippen LogP contribution in [0.5, 0.6) is 5.75 Å². The summed E-state index contributed by atoms with van der Waals surface area (Å²) in [6.07, 6.45) is 0. The van der Waals surface area contributed by atoms with Crippen LogP contribution in [-0.2, 0) is 0 Å². The molecule has 0 heterocycles. The summed E-state index contributed by atoms with van der Waals surface area (Å²) in [6.45, 7) is 0. The molecule has 0 aliphatic rings. The van der Waals surface area contributed by atoms with E-state index in [1.54, 1.807) is 6.07 Å². The van der Waals surface area contributed by atoms with Gasteiger partial charge >= 0.3 is 0 Å². The Kier molecular flexibility index (Phi) is 3.25. The maximum absolute atomic E-state index is 9.28. The van der Waals surface area contributed by atoms with Gasteiger partial charge in [-0.05, 0) is 18.2 Å². The van der Waals surface area contributed by atoms with Crippen LogP contribution >= 0.6 is 12.6 Å². The van der Waals surface area contributed by atoms with Crippen molar-refractivity contribution < 1.29 is 5.11 Å². The molecule has 1 aromatic carbocycles. The van der Waals surface area contributed by atoms with Crippen LogP contribution in [0, 0.1) is 23.2 Å². The average Bonchev–Trinajstić information content (AvgIpc) is 2.15. The number of phenols is 1. The maximum Gasteiger partial charge on any atom is 0.134 e. The Labute approximate surface area is 82.2 Å². The van der Waals surface area contributed by atoms with Crippen LogP contribution in [0.15, 0.2) is 18.2 Å². The molecule has 0 fully saturated rings. The number of nitrogens with zero attached hydrogens (tertiary/aromatic N) is 1. The SMILES string of the molecule is N#Cc1ccc(C#CCS)cc1O. The van der Waals surface area contributed by atoms with Crippen molar-refractivity contribution in [2.24, 2.45) is 0 Å². The lowest BCUT2D eigenvalue weighted by molar-refractivity contribution is 0.473. The summed E-state index contributed by atoms with van der Waals surface area (Å²) in [7, 11) is 0. The molecule has 0 bridgehead atoms. The van der Waals surface area contributed by atoms with Crippen molar-refractivity contribution in [3.05, 3.63) is 29.3 Å². The lowest BCUT2D eigenvalue weighted by Crippen LogP contribution is -1.79. The van der Waals surface area contributed by atoms with E-state index in [4.69, 9.17) is 5.26 Å². The standard InChI is InChI=1S/C10H7NOS/c11-7-9-4-3-8(2-1-5-13)6-10(9)12/h3-4,6,12-13H,5H2. The third kappa shape index (κ3) is 2.43. The second-order valence-electron chi connectivity index (χ2n) is 2.30. The van der Waals surface area contributed by atoms with Crippen molar-refractivity contribution in [3.8, 4) is 23.7 Å². The molecule has 2 nitrogen and oxygen atoms in total. The van der Waals surface area contributed by atoms with E-state index in [9.17, 15) is 5.11 Å². The van der Waals surface area contributed by atoms with E-state index in [1.807, 2.05) is 6.07 Å². The Morgan fingerprint density at radius 1 is 1.46 bits per heavy atom. The summed E-state index contributed by atoms with van der Waals surface area (Å²) in [5.74, 6) is 5.98. The zero-order valence-corrected chi connectivity index (χ0v) is 7.68. The van der Waals surface area contributed by atoms with Crippen molar-refractivity contribution in [1.29, 1.82) is 5.26 Å². The minimum Gasteiger partial charge on any atom is -0.507 e. The fraction of sp³-hybridized carbons (Fsp3) is 0.100. The number of thiol groups is 1. The number of phenolic OH excluding ortho intramolecular Hbond substituents is 1. The highest BCUT2D eigenvalue weighted by molar-refractivity contribution is 7.80. The van der Waals surface area contributed by atoms with Gasteiger partial charge in [0.05, 0.1) is 11.3 Å². The summed E-state index contributed by atoms with van der Waals surface area (Å²) in [4.78, 5) is 0. The van der Waals surface area contributed by atoms with Gasteiger partial charge in [-0.3, -0.25) is 0 Å². The van der Waals surface area contributed by atoms with Crippen molar-refractivity contribution >= 4 is 12.6 Å². The van der Waals surface area contributed by atoms with Crippen LogP contribution in [0.25, 0.3) is 0 Å². The Balaban J connectivity index is 3.04. The van der Waals surface area contributed by atoms with E-state index < -0.39 is 0 Å². The number of rotatable bonds is 0. The monoisotopic (exact) mass is 189 g/mol. The second kappa shape index (κ2) is 4.45. The van der Waals surface area contributed by atoms with E-state index in [0.717, 1.165) is 0 Å². The molecule has 3 heteroatoms. The van der Waals surface area contributed by atoms with E-state index in [1.165, 1.54) is 12.1 Å². The van der Waals surface area contributed by atoms with E-state index >= 15 is 0 Å². The smallest absolute Gasteiger partial charge is 0.134 e. The quantitative estimate of drug-likeness (QED) is 0.480. The predicted molar refractivity (Wildman–Crippen MR) is 53.6 cm³/mol. The molecule has 0 aromatic heterocycles. The van der Waals surface area contributed by atoms with E-state index in [-0.39, 0.29) is 11.3 Å². The lowest BCUT2D eigenvalue weighted by atomic mass is 10.1. The first kappa shape index (κ1) is 9.51. The molecule has 13 heavy (non-hydrogen) atoms. The van der Waals surface area contributed by atoms with Gasteiger partial charge in [0.1, 0.15) is 11.8 Å². The summed E-state index contributed by atoms with van der Waals surface area (Å²) in [5, 5.41) is 17.8. The molecular weight excluding hydrogens is 182 g/mol. The zero-order chi connectivity index (χ0) is 9.68. The molecule has 0 spiro atoms. The Hall–Kier alpha value is -1.58. The van der Waals surface area contributed by atoms with Gasteiger partial charge in [0.2, 0.25) is 0 Å². The first-order valence-electron chi connectivity index (χ1n) is 3.61. The molecule has 0 saturated carbocycles. The molecule has 1 N–H and O–H groups in total. The van der Waals surface area contributed by atoms with Gasteiger partial charge in [0.15, 0.2) is 0 Å². The third-order valence-electron chi connectivity index (χ3n) is 1.43. The molecule has 0 unspecified atom stereocenters. The highest BCUT2D eigenvalue weighted by atomic mass is 32.1. The lowest BCUT2D eigenvalue weighted by Gasteiger charge is -1.95. The van der Waals surface area contributed by atoms with Gasteiger partial charge < -0.3 is 5.11 Å². The molecule has 1 rings (SSSR count). The number of hydrogen-bond acceptors (Lipinski definition) is 3. The van der Waals surface area contributed by atoms with Crippen molar-refractivity contribution in [1.82, 2.24) is 0 Å². The van der Waals surface area contributed by atoms with Crippen molar-refractivity contribution in [3.63, 3.8) is 0 Å². The van der Waals surface area contributed by atoms with Gasteiger partial charge in [-0.25, -0.2) is 0 Å². The minimum absolute atomic E-state index is 0.0338. The van der Waals surface area contributed by atoms with Gasteiger partial charge in [0.25, 0.3) is 0 Å². The van der Waals surface area contributed by atoms with E-state index in [0.29, 0.717) is 11.3 Å². The Morgan fingerprint density at radius 2 is 2.23 bits per heavy atom. The van der Waals surface area contributed by atoms with Gasteiger partial charge in [-0.2, -0.15) is 17.9 Å². The zero-order valence-electron chi connectivity index (χ0n) is 6.78. The summed E-state index contributed by atoms with van der Waals surface area (Å²) in [6, 6.07) is 6.56. The Morgan fingerprint density at radius 3 is 2.77 bits per heavy atom. The van der Waals surface area contributed by atoms with Crippen LogP contribution in [0.3, 0.4) is 0 Å². The first-order valence-corrected chi connectivity index (χ1v) is 4.24. The molecule has 0 radical (unpaired) electrons. The van der Waals surface area contributed by atoms with Crippen LogP contribution in [0.4, 0.5) is 0 Å². The molecule has 1 aromatic rings. The Bertz CT molecular complexity index is 409. The maximum atomic E-state index is 9.28. The van der Waals surface area contributed by atoms with Gasteiger partial charge in [0, 0.05) is 5.56 Å². The minimum atomic E-state index is -0.0338. The predicted octanol–water partition coefficient (Wildman–Crippen LogP) is 1.55. The van der Waals surface area contributed by atoms with Crippen LogP contribution in [-0.4, -0.2) is 10.9 Å². The van der Waals surface area contributed by atoms with E-state index in [2.05, 4.69) is 24.5 Å². The van der Waals surface area contributed by atoms with Gasteiger partial charge in [-0.1, -0.05) is 11.8 Å². The van der Waals surface area contributed by atoms with Crippen molar-refractivity contribution in [2.45, 2.75) is 0 Å². The second-order valence-corrected chi connectivity index (χ2v) is 2.62. The van der Waals surface area contributed by atoms with Crippen LogP contribution in [0.2, 0.25) is 0 Å². The number of aromatic hydroxyl groups is 1. The normalized spacial score (nSPS) is 8.31. The molecule has 0 saturated heterocycles. The van der Waals surface area contributed by atoms with Crippen LogP contribution in [0.1, 0.15) is 11.1 Å². The van der Waals surface area contributed by atoms with Gasteiger partial charge in [-0.15, -0.1) is 0 Å². The van der Waals surface area contributed by atoms with Crippen molar-refractivity contribution in [2.75, 3.05) is 5.75 Å². The largest absolute Gasteiger partial charge is 0.507 e. The summed E-state index contributed by atoms with van der Waals surface area (Å²) >= 11 is 3.93. The molecular formula is C10H7NOS. The third-order valence-corrected chi connectivity index (χ3v) is 1.59. The van der Waals surface area contributed by atoms with Crippen LogP contribution < -0.4 is 0 Å². The topological polar surface area (TPSA) is 44.0 Å². The fourth-order valence-electron chi connectivity index (χ4n) is 0.846. The summed E-state index contributed by atoms with van der Waals surface area (Å²) < 4.78 is 0. The molecule has 0 atom stereocenters. The molecule has 0 aliphatic heterocycles. The highest BCUT2D eigenvalue weighted by Crippen LogP contribution is 2.16. The molecule has 0 aliphatic carbocycles. The summed E-state index contributed by atoms with van der Waals surface area (Å²) in [5.41, 5.74) is 0.946. The first-order chi connectivity index (χ1) is 6.27. The number of nitriles is 1. The molecule has 0 amide bonds.